The Morgan fingerprint density at radius 2 is 2.05 bits per heavy atom. The molecule has 1 aliphatic heterocycles. The summed E-state index contributed by atoms with van der Waals surface area (Å²) in [5.41, 5.74) is -0.539. The quantitative estimate of drug-likeness (QED) is 0.903. The highest BCUT2D eigenvalue weighted by Gasteiger charge is 2.24. The van der Waals surface area contributed by atoms with Crippen LogP contribution in [-0.4, -0.2) is 24.7 Å². The van der Waals surface area contributed by atoms with Crippen molar-refractivity contribution in [2.24, 2.45) is 0 Å². The lowest BCUT2D eigenvalue weighted by Gasteiger charge is -2.28. The van der Waals surface area contributed by atoms with Gasteiger partial charge in [0.15, 0.2) is 0 Å². The first-order chi connectivity index (χ1) is 8.97. The summed E-state index contributed by atoms with van der Waals surface area (Å²) < 4.78 is 32.9. The van der Waals surface area contributed by atoms with E-state index in [9.17, 15) is 13.6 Å². The molecule has 1 aromatic carbocycles. The summed E-state index contributed by atoms with van der Waals surface area (Å²) in [6, 6.07) is 2.04. The second-order valence-electron chi connectivity index (χ2n) is 4.62. The Bertz CT molecular complexity index is 473. The number of hydrogen-bond acceptors (Lipinski definition) is 2. The van der Waals surface area contributed by atoms with Crippen LogP contribution in [0, 0.1) is 11.6 Å². The Morgan fingerprint density at radius 1 is 1.42 bits per heavy atom. The summed E-state index contributed by atoms with van der Waals surface area (Å²) in [6.45, 7) is 2.44. The van der Waals surface area contributed by atoms with Gasteiger partial charge in [-0.15, -0.1) is 0 Å². The summed E-state index contributed by atoms with van der Waals surface area (Å²) in [6.07, 6.45) is 1.33. The van der Waals surface area contributed by atoms with Crippen LogP contribution in [0.4, 0.5) is 8.78 Å². The van der Waals surface area contributed by atoms with E-state index >= 15 is 0 Å². The lowest BCUT2D eigenvalue weighted by molar-refractivity contribution is 0.0136. The fourth-order valence-electron chi connectivity index (χ4n) is 2.15. The van der Waals surface area contributed by atoms with E-state index in [1.807, 2.05) is 6.92 Å². The topological polar surface area (TPSA) is 38.3 Å². The second kappa shape index (κ2) is 5.96. The highest BCUT2D eigenvalue weighted by Crippen LogP contribution is 2.20. The van der Waals surface area contributed by atoms with Crippen LogP contribution >= 0.6 is 15.9 Å². The molecule has 1 heterocycles. The van der Waals surface area contributed by atoms with Crippen molar-refractivity contribution in [3.05, 3.63) is 33.8 Å². The van der Waals surface area contributed by atoms with Gasteiger partial charge in [0.05, 0.1) is 6.10 Å². The third-order valence-corrected chi connectivity index (χ3v) is 3.51. The SMILES string of the molecule is CC1CC(NC(=O)c2c(F)cc(Br)cc2F)CCO1. The van der Waals surface area contributed by atoms with E-state index in [4.69, 9.17) is 4.74 Å². The predicted molar refractivity (Wildman–Crippen MR) is 70.0 cm³/mol. The normalized spacial score (nSPS) is 23.2. The molecule has 0 saturated carbocycles. The van der Waals surface area contributed by atoms with Crippen molar-refractivity contribution in [2.75, 3.05) is 6.61 Å². The van der Waals surface area contributed by atoms with E-state index in [0.29, 0.717) is 19.4 Å². The van der Waals surface area contributed by atoms with Gasteiger partial charge in [-0.1, -0.05) is 15.9 Å². The van der Waals surface area contributed by atoms with Crippen LogP contribution in [0.1, 0.15) is 30.1 Å². The van der Waals surface area contributed by atoms with E-state index in [0.717, 1.165) is 12.1 Å². The first-order valence-corrected chi connectivity index (χ1v) is 6.83. The van der Waals surface area contributed by atoms with Crippen LogP contribution in [0.3, 0.4) is 0 Å². The van der Waals surface area contributed by atoms with Gasteiger partial charge in [0, 0.05) is 17.1 Å². The summed E-state index contributed by atoms with van der Waals surface area (Å²) in [4.78, 5) is 11.9. The van der Waals surface area contributed by atoms with E-state index in [1.54, 1.807) is 0 Å². The maximum absolute atomic E-state index is 13.6. The summed E-state index contributed by atoms with van der Waals surface area (Å²) >= 11 is 2.97. The molecule has 3 nitrogen and oxygen atoms in total. The van der Waals surface area contributed by atoms with Crippen LogP contribution in [0.15, 0.2) is 16.6 Å². The number of benzene rings is 1. The van der Waals surface area contributed by atoms with Gasteiger partial charge in [-0.3, -0.25) is 4.79 Å². The molecular formula is C13H14BrF2NO2. The highest BCUT2D eigenvalue weighted by atomic mass is 79.9. The molecule has 1 N–H and O–H groups in total. The minimum Gasteiger partial charge on any atom is -0.378 e. The van der Waals surface area contributed by atoms with Gasteiger partial charge in [-0.05, 0) is 31.9 Å². The fourth-order valence-corrected chi connectivity index (χ4v) is 2.55. The van der Waals surface area contributed by atoms with Gasteiger partial charge in [-0.2, -0.15) is 0 Å². The molecule has 0 bridgehead atoms. The predicted octanol–water partition coefficient (Wildman–Crippen LogP) is 3.02. The molecule has 1 aliphatic rings. The summed E-state index contributed by atoms with van der Waals surface area (Å²) in [5, 5.41) is 2.65. The number of nitrogens with one attached hydrogen (secondary N) is 1. The zero-order valence-corrected chi connectivity index (χ0v) is 12.0. The molecule has 19 heavy (non-hydrogen) atoms. The van der Waals surface area contributed by atoms with Crippen LogP contribution in [0.2, 0.25) is 0 Å². The molecule has 1 amide bonds. The molecule has 2 atom stereocenters. The molecular weight excluding hydrogens is 320 g/mol. The Labute approximate surface area is 118 Å². The van der Waals surface area contributed by atoms with Gasteiger partial charge < -0.3 is 10.1 Å². The number of ether oxygens (including phenoxy) is 1. The Hall–Kier alpha value is -1.01. The minimum atomic E-state index is -0.871. The molecule has 104 valence electrons. The lowest BCUT2D eigenvalue weighted by atomic mass is 10.0. The molecule has 0 spiro atoms. The molecule has 0 radical (unpaired) electrons. The summed E-state index contributed by atoms with van der Waals surface area (Å²) in [5.74, 6) is -2.46. The smallest absolute Gasteiger partial charge is 0.257 e. The Kier molecular flexibility index (Phi) is 4.52. The van der Waals surface area contributed by atoms with Crippen molar-refractivity contribution in [1.82, 2.24) is 5.32 Å². The molecule has 1 fully saturated rings. The number of rotatable bonds is 2. The third-order valence-electron chi connectivity index (χ3n) is 3.05. The molecule has 6 heteroatoms. The maximum atomic E-state index is 13.6. The number of carbonyl (C=O) groups is 1. The largest absolute Gasteiger partial charge is 0.378 e. The third kappa shape index (κ3) is 3.51. The lowest BCUT2D eigenvalue weighted by Crippen LogP contribution is -2.41. The second-order valence-corrected chi connectivity index (χ2v) is 5.54. The number of hydrogen-bond donors (Lipinski definition) is 1. The van der Waals surface area contributed by atoms with Crippen LogP contribution in [-0.2, 0) is 4.74 Å². The van der Waals surface area contributed by atoms with Crippen molar-refractivity contribution >= 4 is 21.8 Å². The molecule has 1 saturated heterocycles. The number of carbonyl (C=O) groups excluding carboxylic acids is 1. The van der Waals surface area contributed by atoms with Gasteiger partial charge in [0.2, 0.25) is 0 Å². The summed E-state index contributed by atoms with van der Waals surface area (Å²) in [7, 11) is 0. The fraction of sp³-hybridized carbons (Fsp3) is 0.462. The standard InChI is InChI=1S/C13H14BrF2NO2/c1-7-4-9(2-3-19-7)17-13(18)12-10(15)5-8(14)6-11(12)16/h5-7,9H,2-4H2,1H3,(H,17,18). The van der Waals surface area contributed by atoms with E-state index in [1.165, 1.54) is 0 Å². The zero-order valence-electron chi connectivity index (χ0n) is 10.4. The van der Waals surface area contributed by atoms with Crippen molar-refractivity contribution in [1.29, 1.82) is 0 Å². The van der Waals surface area contributed by atoms with Crippen LogP contribution in [0.25, 0.3) is 0 Å². The highest BCUT2D eigenvalue weighted by molar-refractivity contribution is 9.10. The molecule has 0 aliphatic carbocycles. The van der Waals surface area contributed by atoms with E-state index < -0.39 is 23.1 Å². The molecule has 2 rings (SSSR count). The number of halogens is 3. The Morgan fingerprint density at radius 3 is 2.63 bits per heavy atom. The van der Waals surface area contributed by atoms with Gasteiger partial charge >= 0.3 is 0 Å². The van der Waals surface area contributed by atoms with Gasteiger partial charge in [0.1, 0.15) is 17.2 Å². The van der Waals surface area contributed by atoms with E-state index in [2.05, 4.69) is 21.2 Å². The van der Waals surface area contributed by atoms with Crippen molar-refractivity contribution < 1.29 is 18.3 Å². The van der Waals surface area contributed by atoms with E-state index in [-0.39, 0.29) is 16.6 Å². The van der Waals surface area contributed by atoms with Gasteiger partial charge in [-0.25, -0.2) is 8.78 Å². The maximum Gasteiger partial charge on any atom is 0.257 e. The monoisotopic (exact) mass is 333 g/mol. The zero-order chi connectivity index (χ0) is 14.0. The molecule has 1 aromatic rings. The van der Waals surface area contributed by atoms with Gasteiger partial charge in [0.25, 0.3) is 5.91 Å². The van der Waals surface area contributed by atoms with Crippen molar-refractivity contribution in [2.45, 2.75) is 31.9 Å². The average molecular weight is 334 g/mol. The first kappa shape index (κ1) is 14.4. The Balaban J connectivity index is 2.12. The number of amides is 1. The van der Waals surface area contributed by atoms with Crippen molar-refractivity contribution in [3.8, 4) is 0 Å². The van der Waals surface area contributed by atoms with Crippen LogP contribution < -0.4 is 5.32 Å². The van der Waals surface area contributed by atoms with Crippen LogP contribution in [0.5, 0.6) is 0 Å². The van der Waals surface area contributed by atoms with Crippen molar-refractivity contribution in [3.63, 3.8) is 0 Å². The molecule has 0 aromatic heterocycles. The average Bonchev–Trinajstić information content (AvgIpc) is 2.27. The first-order valence-electron chi connectivity index (χ1n) is 6.04. The minimum absolute atomic E-state index is 0.0404. The molecule has 2 unspecified atom stereocenters.